The van der Waals surface area contributed by atoms with Crippen molar-refractivity contribution in [2.45, 2.75) is 18.9 Å². The lowest BCUT2D eigenvalue weighted by Crippen LogP contribution is -2.10. The van der Waals surface area contributed by atoms with Gasteiger partial charge in [-0.2, -0.15) is 0 Å². The number of hydrogen-bond acceptors (Lipinski definition) is 5. The second-order valence-corrected chi connectivity index (χ2v) is 6.71. The number of H-pyrrole nitrogens is 1. The Kier molecular flexibility index (Phi) is 4.36. The van der Waals surface area contributed by atoms with E-state index < -0.39 is 5.60 Å². The summed E-state index contributed by atoms with van der Waals surface area (Å²) in [5.74, 6) is 2.35. The number of thiocarbonyl (C=S) groups is 1. The molecule has 27 heavy (non-hydrogen) atoms. The Morgan fingerprint density at radius 3 is 1.93 bits per heavy atom. The fraction of sp³-hybridized carbons (Fsp3) is 0.238. The van der Waals surface area contributed by atoms with E-state index in [9.17, 15) is 0 Å². The number of epoxide rings is 1. The molecule has 4 rings (SSSR count). The average molecular weight is 380 g/mol. The van der Waals surface area contributed by atoms with Gasteiger partial charge in [-0.1, -0.05) is 6.92 Å². The molecule has 6 heteroatoms. The minimum Gasteiger partial charge on any atom is -0.497 e. The van der Waals surface area contributed by atoms with Gasteiger partial charge in [0, 0.05) is 17.5 Å². The van der Waals surface area contributed by atoms with Crippen LogP contribution in [0.3, 0.4) is 0 Å². The van der Waals surface area contributed by atoms with E-state index in [0.29, 0.717) is 5.05 Å². The number of rotatable bonds is 6. The normalized spacial score (nSPS) is 18.1. The molecule has 0 spiro atoms. The van der Waals surface area contributed by atoms with E-state index in [1.165, 1.54) is 0 Å². The lowest BCUT2D eigenvalue weighted by Gasteiger charge is -2.06. The molecule has 1 atom stereocenters. The number of nitrogens with zero attached hydrogens (tertiary/aromatic N) is 1. The quantitative estimate of drug-likeness (QED) is 0.495. The van der Waals surface area contributed by atoms with Crippen LogP contribution in [0.2, 0.25) is 0 Å². The Hall–Kier alpha value is -2.86. The standard InChI is InChI=1S/C21H20N2O3S/c1-4-21(20(27)26-21)19-22-17(13-5-9-15(24-2)10-6-13)18(23-19)14-7-11-16(25-3)12-8-14/h5-12H,4H2,1-3H3,(H,22,23). The molecule has 1 aliphatic rings. The number of nitrogens with one attached hydrogen (secondary N) is 1. The molecule has 0 saturated carbocycles. The SMILES string of the molecule is CCC1(c2nc(-c3ccc(OC)cc3)c(-c3ccc(OC)cc3)[nH]2)OC1=S. The molecule has 1 fully saturated rings. The molecule has 1 aromatic heterocycles. The smallest absolute Gasteiger partial charge is 0.233 e. The predicted octanol–water partition coefficient (Wildman–Crippen LogP) is 4.72. The van der Waals surface area contributed by atoms with Crippen molar-refractivity contribution in [2.75, 3.05) is 14.2 Å². The summed E-state index contributed by atoms with van der Waals surface area (Å²) in [6.45, 7) is 2.04. The highest BCUT2D eigenvalue weighted by atomic mass is 32.1. The molecule has 1 aliphatic heterocycles. The van der Waals surface area contributed by atoms with E-state index in [4.69, 9.17) is 31.4 Å². The first-order valence-corrected chi connectivity index (χ1v) is 9.15. The first-order valence-electron chi connectivity index (χ1n) is 8.74. The minimum absolute atomic E-state index is 0.582. The summed E-state index contributed by atoms with van der Waals surface area (Å²) in [4.78, 5) is 8.32. The summed E-state index contributed by atoms with van der Waals surface area (Å²) < 4.78 is 16.2. The minimum atomic E-state index is -0.582. The van der Waals surface area contributed by atoms with Crippen LogP contribution in [0.5, 0.6) is 11.5 Å². The highest BCUT2D eigenvalue weighted by molar-refractivity contribution is 7.80. The Morgan fingerprint density at radius 1 is 0.963 bits per heavy atom. The molecular weight excluding hydrogens is 360 g/mol. The lowest BCUT2D eigenvalue weighted by molar-refractivity contribution is 0.300. The van der Waals surface area contributed by atoms with Crippen molar-refractivity contribution in [1.82, 2.24) is 9.97 Å². The van der Waals surface area contributed by atoms with Crippen molar-refractivity contribution in [3.8, 4) is 34.0 Å². The van der Waals surface area contributed by atoms with Gasteiger partial charge in [0.15, 0.2) is 5.82 Å². The van der Waals surface area contributed by atoms with Gasteiger partial charge in [-0.25, -0.2) is 4.98 Å². The molecular formula is C21H20N2O3S. The number of aromatic amines is 1. The van der Waals surface area contributed by atoms with Crippen LogP contribution in [0, 0.1) is 0 Å². The van der Waals surface area contributed by atoms with Crippen molar-refractivity contribution >= 4 is 17.3 Å². The molecule has 0 bridgehead atoms. The highest BCUT2D eigenvalue weighted by Gasteiger charge is 2.56. The van der Waals surface area contributed by atoms with E-state index in [1.54, 1.807) is 14.2 Å². The lowest BCUT2D eigenvalue weighted by atomic mass is 10.0. The molecule has 2 aromatic carbocycles. The topological polar surface area (TPSA) is 59.7 Å². The summed E-state index contributed by atoms with van der Waals surface area (Å²) in [5, 5.41) is 0.585. The van der Waals surface area contributed by atoms with Crippen LogP contribution < -0.4 is 9.47 Å². The largest absolute Gasteiger partial charge is 0.497 e. The molecule has 138 valence electrons. The average Bonchev–Trinajstić information content (AvgIpc) is 3.19. The van der Waals surface area contributed by atoms with Gasteiger partial charge in [0.2, 0.25) is 10.7 Å². The van der Waals surface area contributed by atoms with E-state index >= 15 is 0 Å². The van der Waals surface area contributed by atoms with Gasteiger partial charge in [-0.3, -0.25) is 0 Å². The Labute approximate surface area is 163 Å². The van der Waals surface area contributed by atoms with E-state index in [2.05, 4.69) is 4.98 Å². The van der Waals surface area contributed by atoms with Gasteiger partial charge in [-0.05, 0) is 60.7 Å². The third-order valence-corrected chi connectivity index (χ3v) is 5.29. The van der Waals surface area contributed by atoms with Crippen LogP contribution in [0.1, 0.15) is 19.2 Å². The zero-order valence-corrected chi connectivity index (χ0v) is 16.2. The fourth-order valence-corrected chi connectivity index (χ4v) is 3.53. The van der Waals surface area contributed by atoms with Crippen LogP contribution in [-0.2, 0) is 10.3 Å². The number of aromatic nitrogens is 2. The Balaban J connectivity index is 1.84. The van der Waals surface area contributed by atoms with E-state index in [1.807, 2.05) is 55.5 Å². The third kappa shape index (κ3) is 2.96. The van der Waals surface area contributed by atoms with Crippen LogP contribution >= 0.6 is 12.2 Å². The summed E-state index contributed by atoms with van der Waals surface area (Å²) in [7, 11) is 3.31. The third-order valence-electron chi connectivity index (χ3n) is 4.88. The number of hydrogen-bond donors (Lipinski definition) is 1. The second kappa shape index (κ2) is 6.70. The zero-order chi connectivity index (χ0) is 19.0. The first kappa shape index (κ1) is 17.5. The monoisotopic (exact) mass is 380 g/mol. The van der Waals surface area contributed by atoms with Gasteiger partial charge < -0.3 is 19.2 Å². The molecule has 5 nitrogen and oxygen atoms in total. The van der Waals surface area contributed by atoms with E-state index in [-0.39, 0.29) is 0 Å². The van der Waals surface area contributed by atoms with Crippen molar-refractivity contribution in [1.29, 1.82) is 0 Å². The summed E-state index contributed by atoms with van der Waals surface area (Å²) >= 11 is 5.30. The number of benzene rings is 2. The fourth-order valence-electron chi connectivity index (χ4n) is 3.15. The predicted molar refractivity (Wildman–Crippen MR) is 108 cm³/mol. The zero-order valence-electron chi connectivity index (χ0n) is 15.4. The van der Waals surface area contributed by atoms with Crippen LogP contribution in [-0.4, -0.2) is 29.2 Å². The van der Waals surface area contributed by atoms with Crippen molar-refractivity contribution in [3.63, 3.8) is 0 Å². The number of ether oxygens (including phenoxy) is 3. The maximum Gasteiger partial charge on any atom is 0.233 e. The Bertz CT molecular complexity index is 915. The molecule has 1 N–H and O–H groups in total. The molecule has 0 amide bonds. The second-order valence-electron chi connectivity index (χ2n) is 6.34. The molecule has 2 heterocycles. The van der Waals surface area contributed by atoms with Crippen LogP contribution in [0.25, 0.3) is 22.5 Å². The van der Waals surface area contributed by atoms with Gasteiger partial charge in [0.1, 0.15) is 11.5 Å². The van der Waals surface area contributed by atoms with Crippen molar-refractivity contribution in [3.05, 3.63) is 54.4 Å². The van der Waals surface area contributed by atoms with Crippen molar-refractivity contribution < 1.29 is 14.2 Å². The van der Waals surface area contributed by atoms with Crippen LogP contribution in [0.15, 0.2) is 48.5 Å². The molecule has 3 aromatic rings. The van der Waals surface area contributed by atoms with Gasteiger partial charge in [0.05, 0.1) is 25.6 Å². The molecule has 1 unspecified atom stereocenters. The van der Waals surface area contributed by atoms with Crippen molar-refractivity contribution in [2.24, 2.45) is 0 Å². The first-order chi connectivity index (χ1) is 13.1. The van der Waals surface area contributed by atoms with Gasteiger partial charge in [-0.15, -0.1) is 0 Å². The van der Waals surface area contributed by atoms with Crippen LogP contribution in [0.4, 0.5) is 0 Å². The number of methoxy groups -OCH3 is 2. The summed E-state index contributed by atoms with van der Waals surface area (Å²) in [5.41, 5.74) is 3.19. The molecule has 0 radical (unpaired) electrons. The summed E-state index contributed by atoms with van der Waals surface area (Å²) in [6.07, 6.45) is 0.740. The maximum absolute atomic E-state index is 5.65. The molecule has 0 aliphatic carbocycles. The van der Waals surface area contributed by atoms with E-state index in [0.717, 1.165) is 46.3 Å². The molecule has 1 saturated heterocycles. The highest BCUT2D eigenvalue weighted by Crippen LogP contribution is 2.45. The van der Waals surface area contributed by atoms with Gasteiger partial charge >= 0.3 is 0 Å². The summed E-state index contributed by atoms with van der Waals surface area (Å²) in [6, 6.07) is 15.7. The number of imidazole rings is 1. The Morgan fingerprint density at radius 2 is 1.48 bits per heavy atom. The maximum atomic E-state index is 5.65. The van der Waals surface area contributed by atoms with Gasteiger partial charge in [0.25, 0.3) is 0 Å².